The van der Waals surface area contributed by atoms with Crippen molar-refractivity contribution in [3.63, 3.8) is 0 Å². The third kappa shape index (κ3) is 5.54. The van der Waals surface area contributed by atoms with Crippen LogP contribution in [0.2, 0.25) is 0 Å². The zero-order chi connectivity index (χ0) is 19.2. The summed E-state index contributed by atoms with van der Waals surface area (Å²) < 4.78 is 23.1. The van der Waals surface area contributed by atoms with Gasteiger partial charge in [-0.3, -0.25) is 4.79 Å². The van der Waals surface area contributed by atoms with Crippen molar-refractivity contribution in [1.29, 1.82) is 0 Å². The Balaban J connectivity index is 1.73. The van der Waals surface area contributed by atoms with Crippen molar-refractivity contribution in [2.24, 2.45) is 11.8 Å². The Bertz CT molecular complexity index is 631. The molecule has 150 valence electrons. The molecule has 1 aliphatic carbocycles. The van der Waals surface area contributed by atoms with E-state index in [1.807, 2.05) is 19.9 Å². The number of hydrogen-bond donors (Lipinski definition) is 1. The summed E-state index contributed by atoms with van der Waals surface area (Å²) in [6.07, 6.45) is 4.72. The van der Waals surface area contributed by atoms with Gasteiger partial charge >= 0.3 is 0 Å². The minimum absolute atomic E-state index is 0.120. The van der Waals surface area contributed by atoms with Crippen LogP contribution in [0, 0.1) is 11.8 Å². The minimum atomic E-state index is -0.860. The highest BCUT2D eigenvalue weighted by Crippen LogP contribution is 2.33. The molecule has 1 saturated heterocycles. The van der Waals surface area contributed by atoms with Crippen molar-refractivity contribution >= 4 is 11.6 Å². The molecule has 1 atom stereocenters. The van der Waals surface area contributed by atoms with Gasteiger partial charge in [0.05, 0.1) is 24.9 Å². The molecule has 0 radical (unpaired) electrons. The monoisotopic (exact) mass is 379 g/mol. The molecule has 1 aromatic rings. The van der Waals surface area contributed by atoms with Crippen LogP contribution in [0.3, 0.4) is 0 Å². The van der Waals surface area contributed by atoms with E-state index in [9.17, 15) is 9.18 Å². The molecule has 0 spiro atoms. The van der Waals surface area contributed by atoms with Gasteiger partial charge in [0.25, 0.3) is 5.91 Å². The fraction of sp³-hybridized carbons (Fsp3) is 0.700. The van der Waals surface area contributed by atoms with E-state index in [2.05, 4.69) is 15.2 Å². The van der Waals surface area contributed by atoms with Gasteiger partial charge in [-0.25, -0.2) is 9.37 Å². The lowest BCUT2D eigenvalue weighted by Gasteiger charge is -2.23. The molecule has 2 aliphatic rings. The second-order valence-corrected chi connectivity index (χ2v) is 7.77. The number of anilines is 1. The van der Waals surface area contributed by atoms with E-state index < -0.39 is 6.86 Å². The molecule has 1 saturated carbocycles. The predicted molar refractivity (Wildman–Crippen MR) is 102 cm³/mol. The van der Waals surface area contributed by atoms with Crippen LogP contribution >= 0.6 is 0 Å². The summed E-state index contributed by atoms with van der Waals surface area (Å²) in [5.74, 6) is 0.979. The first kappa shape index (κ1) is 19.9. The molecule has 3 rings (SSSR count). The van der Waals surface area contributed by atoms with Gasteiger partial charge in [-0.1, -0.05) is 13.8 Å². The smallest absolute Gasteiger partial charge is 0.270 e. The zero-order valence-electron chi connectivity index (χ0n) is 16.2. The number of aromatic nitrogens is 1. The zero-order valence-corrected chi connectivity index (χ0v) is 16.2. The van der Waals surface area contributed by atoms with E-state index in [-0.39, 0.29) is 24.5 Å². The first-order chi connectivity index (χ1) is 13.1. The first-order valence-electron chi connectivity index (χ1n) is 9.92. The lowest BCUT2D eigenvalue weighted by molar-refractivity contribution is 0.0343. The fourth-order valence-corrected chi connectivity index (χ4v) is 3.16. The van der Waals surface area contributed by atoms with Gasteiger partial charge in [-0.05, 0) is 49.7 Å². The number of carbonyl (C=O) groups excluding carboxylic acids is 1. The van der Waals surface area contributed by atoms with Crippen LogP contribution in [0.1, 0.15) is 50.0 Å². The van der Waals surface area contributed by atoms with Crippen LogP contribution in [0.5, 0.6) is 5.88 Å². The summed E-state index contributed by atoms with van der Waals surface area (Å²) >= 11 is 0. The molecular formula is C20H30FN3O3. The molecular weight excluding hydrogens is 349 g/mol. The third-order valence-electron chi connectivity index (χ3n) is 5.17. The fourth-order valence-electron chi connectivity index (χ4n) is 3.16. The Morgan fingerprint density at radius 2 is 2.07 bits per heavy atom. The Morgan fingerprint density at radius 1 is 1.33 bits per heavy atom. The van der Waals surface area contributed by atoms with Crippen LogP contribution < -0.4 is 15.0 Å². The summed E-state index contributed by atoms with van der Waals surface area (Å²) in [5, 5.41) is 2.90. The molecule has 2 fully saturated rings. The molecule has 27 heavy (non-hydrogen) atoms. The first-order valence-corrected chi connectivity index (χ1v) is 9.92. The highest BCUT2D eigenvalue weighted by atomic mass is 19.1. The average molecular weight is 379 g/mol. The molecule has 0 bridgehead atoms. The van der Waals surface area contributed by atoms with Gasteiger partial charge in [0.2, 0.25) is 5.88 Å². The summed E-state index contributed by atoms with van der Waals surface area (Å²) in [6.45, 7) is 5.82. The number of amides is 1. The van der Waals surface area contributed by atoms with E-state index in [0.29, 0.717) is 24.1 Å². The number of nitrogens with one attached hydrogen (secondary N) is 1. The van der Waals surface area contributed by atoms with Gasteiger partial charge in [0.15, 0.2) is 6.86 Å². The Hall–Kier alpha value is -1.89. The highest BCUT2D eigenvalue weighted by Gasteiger charge is 2.25. The number of carbonyl (C=O) groups is 1. The van der Waals surface area contributed by atoms with E-state index >= 15 is 0 Å². The predicted octanol–water partition coefficient (Wildman–Crippen LogP) is 3.17. The Morgan fingerprint density at radius 3 is 2.70 bits per heavy atom. The highest BCUT2D eigenvalue weighted by molar-refractivity contribution is 5.93. The topological polar surface area (TPSA) is 63.7 Å². The molecule has 6 nitrogen and oxygen atoms in total. The van der Waals surface area contributed by atoms with Crippen LogP contribution in [0.25, 0.3) is 0 Å². The standard InChI is InChI=1S/C20H30FN3O3/c1-14(2)17(12-26-13-21)22-19(25)16-7-8-18(24-9-3-4-10-24)20(23-16)27-11-15-5-6-15/h7-8,14-15,17H,3-6,9-13H2,1-2H3,(H,22,25). The summed E-state index contributed by atoms with van der Waals surface area (Å²) in [7, 11) is 0. The second kappa shape index (κ2) is 9.35. The van der Waals surface area contributed by atoms with Crippen LogP contribution in [0.15, 0.2) is 12.1 Å². The van der Waals surface area contributed by atoms with Crippen LogP contribution in [-0.4, -0.2) is 50.1 Å². The maximum absolute atomic E-state index is 12.7. The van der Waals surface area contributed by atoms with Crippen molar-refractivity contribution in [3.8, 4) is 5.88 Å². The van der Waals surface area contributed by atoms with Gasteiger partial charge in [-0.2, -0.15) is 0 Å². The van der Waals surface area contributed by atoms with Gasteiger partial charge in [0, 0.05) is 13.1 Å². The number of halogens is 1. The van der Waals surface area contributed by atoms with Crippen molar-refractivity contribution in [1.82, 2.24) is 10.3 Å². The van der Waals surface area contributed by atoms with Gasteiger partial charge in [0.1, 0.15) is 5.69 Å². The molecule has 1 N–H and O–H groups in total. The van der Waals surface area contributed by atoms with Crippen molar-refractivity contribution < 1.29 is 18.7 Å². The Labute approximate surface area is 160 Å². The summed E-state index contributed by atoms with van der Waals surface area (Å²) in [5.41, 5.74) is 1.28. The van der Waals surface area contributed by atoms with Crippen LogP contribution in [-0.2, 0) is 4.74 Å². The quantitative estimate of drug-likeness (QED) is 0.677. The lowest BCUT2D eigenvalue weighted by Crippen LogP contribution is -2.42. The normalized spacial score (nSPS) is 18.0. The summed E-state index contributed by atoms with van der Waals surface area (Å²) in [6, 6.07) is 3.39. The minimum Gasteiger partial charge on any atom is -0.476 e. The number of hydrogen-bond acceptors (Lipinski definition) is 5. The largest absolute Gasteiger partial charge is 0.476 e. The molecule has 1 aromatic heterocycles. The maximum Gasteiger partial charge on any atom is 0.270 e. The molecule has 7 heteroatoms. The molecule has 1 amide bonds. The molecule has 2 heterocycles. The van der Waals surface area contributed by atoms with E-state index in [4.69, 9.17) is 9.47 Å². The van der Waals surface area contributed by atoms with Crippen molar-refractivity contribution in [3.05, 3.63) is 17.8 Å². The third-order valence-corrected chi connectivity index (χ3v) is 5.17. The van der Waals surface area contributed by atoms with E-state index in [1.165, 1.54) is 12.8 Å². The van der Waals surface area contributed by atoms with Crippen LogP contribution in [0.4, 0.5) is 10.1 Å². The molecule has 1 unspecified atom stereocenters. The number of nitrogens with zero attached hydrogens (tertiary/aromatic N) is 2. The second-order valence-electron chi connectivity index (χ2n) is 7.77. The lowest BCUT2D eigenvalue weighted by atomic mass is 10.1. The number of ether oxygens (including phenoxy) is 2. The van der Waals surface area contributed by atoms with Crippen molar-refractivity contribution in [2.45, 2.75) is 45.6 Å². The number of alkyl halides is 1. The summed E-state index contributed by atoms with van der Waals surface area (Å²) in [4.78, 5) is 19.5. The molecule has 1 aliphatic heterocycles. The SMILES string of the molecule is CC(C)C(COCF)NC(=O)c1ccc(N2CCCC2)c(OCC2CC2)n1. The van der Waals surface area contributed by atoms with E-state index in [0.717, 1.165) is 31.6 Å². The van der Waals surface area contributed by atoms with Gasteiger partial charge < -0.3 is 19.7 Å². The number of rotatable bonds is 10. The van der Waals surface area contributed by atoms with Gasteiger partial charge in [-0.15, -0.1) is 0 Å². The Kier molecular flexibility index (Phi) is 6.88. The molecule has 0 aromatic carbocycles. The maximum atomic E-state index is 12.7. The van der Waals surface area contributed by atoms with Crippen molar-refractivity contribution in [2.75, 3.05) is 38.1 Å². The average Bonchev–Trinajstić information content (AvgIpc) is 3.34. The number of pyridine rings is 1. The van der Waals surface area contributed by atoms with E-state index in [1.54, 1.807) is 6.07 Å².